The number of halogens is 2. The zero-order valence-corrected chi connectivity index (χ0v) is 18.9. The molecule has 0 saturated carbocycles. The predicted molar refractivity (Wildman–Crippen MR) is 121 cm³/mol. The minimum atomic E-state index is -2.92. The Hall–Kier alpha value is -3.90. The van der Waals surface area contributed by atoms with Gasteiger partial charge in [0.15, 0.2) is 0 Å². The topological polar surface area (TPSA) is 135 Å². The van der Waals surface area contributed by atoms with E-state index in [0.717, 1.165) is 5.56 Å². The predicted octanol–water partition coefficient (Wildman–Crippen LogP) is 2.87. The molecule has 0 radical (unpaired) electrons. The Balaban J connectivity index is 1.52. The van der Waals surface area contributed by atoms with Gasteiger partial charge in [-0.3, -0.25) is 9.20 Å². The highest BCUT2D eigenvalue weighted by Crippen LogP contribution is 2.25. The number of aryl methyl sites for hydroxylation is 1. The van der Waals surface area contributed by atoms with E-state index in [1.807, 2.05) is 0 Å². The fraction of sp³-hybridized carbons (Fsp3) is 0.304. The van der Waals surface area contributed by atoms with Crippen LogP contribution in [-0.2, 0) is 6.42 Å². The van der Waals surface area contributed by atoms with Crippen LogP contribution in [0.2, 0.25) is 0 Å². The Bertz CT molecular complexity index is 1340. The second-order valence-corrected chi connectivity index (χ2v) is 8.00. The first kappa shape index (κ1) is 24.2. The number of ether oxygens (including phenoxy) is 1. The van der Waals surface area contributed by atoms with E-state index in [9.17, 15) is 23.8 Å². The van der Waals surface area contributed by atoms with Gasteiger partial charge in [-0.25, -0.2) is 13.8 Å². The molecule has 3 aromatic heterocycles. The highest BCUT2D eigenvalue weighted by Gasteiger charge is 2.21. The van der Waals surface area contributed by atoms with Gasteiger partial charge in [-0.1, -0.05) is 17.3 Å². The highest BCUT2D eigenvalue weighted by molar-refractivity contribution is 6.04. The van der Waals surface area contributed by atoms with Crippen LogP contribution in [-0.4, -0.2) is 60.9 Å². The molecule has 0 aliphatic rings. The molecule has 2 unspecified atom stereocenters. The number of anilines is 1. The molecule has 3 heterocycles. The summed E-state index contributed by atoms with van der Waals surface area (Å²) < 4.78 is 37.1. The van der Waals surface area contributed by atoms with Gasteiger partial charge in [0.25, 0.3) is 12.3 Å². The highest BCUT2D eigenvalue weighted by atomic mass is 19.3. The Labute approximate surface area is 198 Å². The molecular formula is C23H23F2N5O5. The van der Waals surface area contributed by atoms with E-state index >= 15 is 0 Å². The van der Waals surface area contributed by atoms with Gasteiger partial charge in [0.2, 0.25) is 11.7 Å². The molecule has 35 heavy (non-hydrogen) atoms. The van der Waals surface area contributed by atoms with E-state index in [-0.39, 0.29) is 24.0 Å². The normalized spacial score (nSPS) is 13.2. The molecule has 12 heteroatoms. The van der Waals surface area contributed by atoms with Crippen LogP contribution >= 0.6 is 0 Å². The minimum Gasteiger partial charge on any atom is -0.491 e. The first-order valence-electron chi connectivity index (χ1n) is 10.7. The van der Waals surface area contributed by atoms with E-state index in [4.69, 9.17) is 9.26 Å². The van der Waals surface area contributed by atoms with Crippen LogP contribution in [0, 0.1) is 6.92 Å². The summed E-state index contributed by atoms with van der Waals surface area (Å²) in [5, 5.41) is 25.3. The first-order valence-corrected chi connectivity index (χ1v) is 10.7. The fourth-order valence-corrected chi connectivity index (χ4v) is 3.24. The largest absolute Gasteiger partial charge is 0.491 e. The average molecular weight is 487 g/mol. The summed E-state index contributed by atoms with van der Waals surface area (Å²) in [4.78, 5) is 21.3. The molecule has 0 saturated heterocycles. The molecule has 10 nitrogen and oxygen atoms in total. The number of fused-ring (bicyclic) bond motifs is 1. The second-order valence-electron chi connectivity index (χ2n) is 8.00. The molecule has 0 aliphatic carbocycles. The standard InChI is InChI=1S/C23H23F2N5O5/c1-12-3-4-14(22-28-20(35-29-22)9-18(32)21(24)25)7-16(12)27-23(33)17-10-26-19-8-15(5-6-30(17)19)34-11-13(2)31/h3-8,10,13,18,21,31-32H,9,11H2,1-2H3,(H,27,33). The molecule has 1 aromatic carbocycles. The summed E-state index contributed by atoms with van der Waals surface area (Å²) in [5.74, 6) is 0.113. The lowest BCUT2D eigenvalue weighted by Gasteiger charge is -2.10. The monoisotopic (exact) mass is 487 g/mol. The zero-order valence-electron chi connectivity index (χ0n) is 18.9. The molecule has 3 N–H and O–H groups in total. The summed E-state index contributed by atoms with van der Waals surface area (Å²) in [5.41, 5.74) is 2.52. The lowest BCUT2D eigenvalue weighted by Crippen LogP contribution is -2.20. The number of rotatable bonds is 9. The summed E-state index contributed by atoms with van der Waals surface area (Å²) >= 11 is 0. The quantitative estimate of drug-likeness (QED) is 0.328. The van der Waals surface area contributed by atoms with Crippen LogP contribution in [0.1, 0.15) is 28.9 Å². The average Bonchev–Trinajstić information content (AvgIpc) is 3.46. The zero-order chi connectivity index (χ0) is 25.1. The molecular weight excluding hydrogens is 464 g/mol. The molecule has 184 valence electrons. The Morgan fingerprint density at radius 1 is 1.26 bits per heavy atom. The van der Waals surface area contributed by atoms with Gasteiger partial charge in [0.05, 0.1) is 18.7 Å². The third kappa shape index (κ3) is 5.61. The maximum Gasteiger partial charge on any atom is 0.274 e. The first-order chi connectivity index (χ1) is 16.7. The number of benzene rings is 1. The molecule has 0 spiro atoms. The van der Waals surface area contributed by atoms with Crippen LogP contribution < -0.4 is 10.1 Å². The third-order valence-corrected chi connectivity index (χ3v) is 5.10. The number of nitrogens with one attached hydrogen (secondary N) is 1. The lowest BCUT2D eigenvalue weighted by atomic mass is 10.1. The van der Waals surface area contributed by atoms with Gasteiger partial charge in [-0.05, 0) is 31.5 Å². The van der Waals surface area contributed by atoms with Crippen molar-refractivity contribution in [1.29, 1.82) is 0 Å². The van der Waals surface area contributed by atoms with Gasteiger partial charge in [0.1, 0.15) is 29.8 Å². The van der Waals surface area contributed by atoms with Gasteiger partial charge < -0.3 is 24.8 Å². The fourth-order valence-electron chi connectivity index (χ4n) is 3.24. The number of pyridine rings is 1. The number of amides is 1. The summed E-state index contributed by atoms with van der Waals surface area (Å²) in [6, 6.07) is 8.40. The van der Waals surface area contributed by atoms with E-state index in [1.165, 1.54) is 6.20 Å². The van der Waals surface area contributed by atoms with Crippen LogP contribution in [0.5, 0.6) is 5.75 Å². The number of carbonyl (C=O) groups excluding carboxylic acids is 1. The maximum absolute atomic E-state index is 13.0. The minimum absolute atomic E-state index is 0.124. The summed E-state index contributed by atoms with van der Waals surface area (Å²) in [6.45, 7) is 3.55. The number of aromatic nitrogens is 4. The van der Waals surface area contributed by atoms with E-state index < -0.39 is 31.0 Å². The van der Waals surface area contributed by atoms with Crippen molar-refractivity contribution in [3.8, 4) is 17.1 Å². The molecule has 1 amide bonds. The second kappa shape index (κ2) is 10.2. The number of alkyl halides is 2. The van der Waals surface area contributed by atoms with Gasteiger partial charge in [0, 0.05) is 23.5 Å². The van der Waals surface area contributed by atoms with Crippen molar-refractivity contribution in [2.45, 2.75) is 38.9 Å². The van der Waals surface area contributed by atoms with E-state index in [1.54, 1.807) is 54.8 Å². The van der Waals surface area contributed by atoms with Crippen molar-refractivity contribution < 1.29 is 33.0 Å². The third-order valence-electron chi connectivity index (χ3n) is 5.10. The lowest BCUT2D eigenvalue weighted by molar-refractivity contribution is -0.00754. The van der Waals surface area contributed by atoms with E-state index in [2.05, 4.69) is 20.4 Å². The van der Waals surface area contributed by atoms with Crippen LogP contribution in [0.25, 0.3) is 17.0 Å². The molecule has 0 fully saturated rings. The summed E-state index contributed by atoms with van der Waals surface area (Å²) in [6.07, 6.45) is -2.83. The molecule has 2 atom stereocenters. The van der Waals surface area contributed by atoms with Crippen molar-refractivity contribution in [1.82, 2.24) is 19.5 Å². The number of hydrogen-bond acceptors (Lipinski definition) is 8. The number of imidazole rings is 1. The smallest absolute Gasteiger partial charge is 0.274 e. The maximum atomic E-state index is 13.0. The number of carbonyl (C=O) groups is 1. The molecule has 0 bridgehead atoms. The van der Waals surface area contributed by atoms with Crippen molar-refractivity contribution in [3.05, 3.63) is 59.9 Å². The Morgan fingerprint density at radius 3 is 2.80 bits per heavy atom. The van der Waals surface area contributed by atoms with Crippen LogP contribution in [0.15, 0.2) is 47.2 Å². The molecule has 0 aliphatic heterocycles. The summed E-state index contributed by atoms with van der Waals surface area (Å²) in [7, 11) is 0. The van der Waals surface area contributed by atoms with Gasteiger partial charge in [-0.15, -0.1) is 0 Å². The number of hydrogen-bond donors (Lipinski definition) is 3. The number of nitrogens with zero attached hydrogens (tertiary/aromatic N) is 4. The van der Waals surface area contributed by atoms with Crippen molar-refractivity contribution in [3.63, 3.8) is 0 Å². The van der Waals surface area contributed by atoms with Gasteiger partial charge in [-0.2, -0.15) is 4.98 Å². The van der Waals surface area contributed by atoms with Gasteiger partial charge >= 0.3 is 0 Å². The molecule has 4 rings (SSSR count). The van der Waals surface area contributed by atoms with Crippen molar-refractivity contribution >= 4 is 17.2 Å². The van der Waals surface area contributed by atoms with Crippen molar-refractivity contribution in [2.24, 2.45) is 0 Å². The van der Waals surface area contributed by atoms with E-state index in [0.29, 0.717) is 22.6 Å². The van der Waals surface area contributed by atoms with Crippen LogP contribution in [0.3, 0.4) is 0 Å². The SMILES string of the molecule is Cc1ccc(-c2noc(CC(O)C(F)F)n2)cc1NC(=O)c1cnc2cc(OCC(C)O)ccn12. The number of aliphatic hydroxyl groups is 2. The Kier molecular flexibility index (Phi) is 7.03. The molecule has 4 aromatic rings. The van der Waals surface area contributed by atoms with Crippen LogP contribution in [0.4, 0.5) is 14.5 Å². The Morgan fingerprint density at radius 2 is 2.06 bits per heavy atom. The van der Waals surface area contributed by atoms with Crippen molar-refractivity contribution in [2.75, 3.05) is 11.9 Å². The number of aliphatic hydroxyl groups excluding tert-OH is 2.